The average Bonchev–Trinajstić information content (AvgIpc) is 3.04. The van der Waals surface area contributed by atoms with Crippen molar-refractivity contribution in [3.05, 3.63) is 16.1 Å². The summed E-state index contributed by atoms with van der Waals surface area (Å²) in [6.45, 7) is 3.29. The van der Waals surface area contributed by atoms with Gasteiger partial charge in [0, 0.05) is 35.5 Å². The van der Waals surface area contributed by atoms with Gasteiger partial charge in [0.05, 0.1) is 21.5 Å². The minimum Gasteiger partial charge on any atom is -0.336 e. The van der Waals surface area contributed by atoms with Crippen molar-refractivity contribution in [2.75, 3.05) is 19.3 Å². The van der Waals surface area contributed by atoms with Crippen LogP contribution in [0.1, 0.15) is 48.8 Å². The number of likely N-dealkylation sites (tertiary alicyclic amines) is 1. The van der Waals surface area contributed by atoms with Crippen LogP contribution in [0.25, 0.3) is 0 Å². The monoisotopic (exact) mass is 341 g/mol. The van der Waals surface area contributed by atoms with Crippen molar-refractivity contribution in [2.24, 2.45) is 0 Å². The van der Waals surface area contributed by atoms with Crippen LogP contribution in [-0.4, -0.2) is 44.2 Å². The van der Waals surface area contributed by atoms with E-state index in [-0.39, 0.29) is 16.8 Å². The molecular formula is C15H23N3O2S2. The molecule has 1 saturated heterocycles. The summed E-state index contributed by atoms with van der Waals surface area (Å²) in [6, 6.07) is 0.0549. The van der Waals surface area contributed by atoms with Crippen LogP contribution < -0.4 is 5.32 Å². The first-order chi connectivity index (χ1) is 10.5. The van der Waals surface area contributed by atoms with Crippen molar-refractivity contribution < 1.29 is 9.00 Å². The second-order valence-electron chi connectivity index (χ2n) is 6.29. The molecule has 1 aromatic heterocycles. The van der Waals surface area contributed by atoms with Crippen LogP contribution in [-0.2, 0) is 10.8 Å². The summed E-state index contributed by atoms with van der Waals surface area (Å²) in [7, 11) is -0.885. The highest BCUT2D eigenvalue weighted by Crippen LogP contribution is 2.37. The number of nitrogens with zero attached hydrogens (tertiary/aromatic N) is 2. The van der Waals surface area contributed by atoms with E-state index in [9.17, 15) is 9.00 Å². The summed E-state index contributed by atoms with van der Waals surface area (Å²) in [4.78, 5) is 19.0. The van der Waals surface area contributed by atoms with E-state index in [4.69, 9.17) is 0 Å². The average molecular weight is 342 g/mol. The van der Waals surface area contributed by atoms with Gasteiger partial charge in [-0.05, 0) is 32.6 Å². The van der Waals surface area contributed by atoms with Gasteiger partial charge in [-0.25, -0.2) is 9.78 Å². The van der Waals surface area contributed by atoms with E-state index >= 15 is 0 Å². The van der Waals surface area contributed by atoms with Gasteiger partial charge in [-0.3, -0.25) is 4.21 Å². The van der Waals surface area contributed by atoms with Crippen LogP contribution >= 0.6 is 11.3 Å². The molecule has 2 fully saturated rings. The van der Waals surface area contributed by atoms with E-state index in [0.717, 1.165) is 49.4 Å². The molecule has 122 valence electrons. The topological polar surface area (TPSA) is 62.3 Å². The van der Waals surface area contributed by atoms with Crippen molar-refractivity contribution in [3.63, 3.8) is 0 Å². The molecule has 2 heterocycles. The predicted octanol–water partition coefficient (Wildman–Crippen LogP) is 2.60. The lowest BCUT2D eigenvalue weighted by Crippen LogP contribution is -2.53. The quantitative estimate of drug-likeness (QED) is 0.915. The summed E-state index contributed by atoms with van der Waals surface area (Å²) in [5.41, 5.74) is 1.01. The Morgan fingerprint density at radius 1 is 1.55 bits per heavy atom. The third kappa shape index (κ3) is 2.93. The third-order valence-corrected chi connectivity index (χ3v) is 7.49. The molecule has 7 heteroatoms. The molecule has 0 radical (unpaired) electrons. The molecular weight excluding hydrogens is 318 g/mol. The van der Waals surface area contributed by atoms with Gasteiger partial charge in [-0.15, -0.1) is 11.3 Å². The second kappa shape index (κ2) is 6.28. The maximum Gasteiger partial charge on any atom is 0.318 e. The number of hydrogen-bond donors (Lipinski definition) is 1. The smallest absolute Gasteiger partial charge is 0.318 e. The molecule has 22 heavy (non-hydrogen) atoms. The highest BCUT2D eigenvalue weighted by Gasteiger charge is 2.42. The van der Waals surface area contributed by atoms with E-state index in [1.807, 2.05) is 11.8 Å². The Morgan fingerprint density at radius 3 is 2.86 bits per heavy atom. The lowest BCUT2D eigenvalue weighted by Gasteiger charge is -2.40. The summed E-state index contributed by atoms with van der Waals surface area (Å²) < 4.78 is 11.7. The number of hydrogen-bond acceptors (Lipinski definition) is 4. The molecule has 5 nitrogen and oxygen atoms in total. The molecule has 0 bridgehead atoms. The number of aryl methyl sites for hydroxylation is 1. The van der Waals surface area contributed by atoms with Crippen molar-refractivity contribution in [3.8, 4) is 0 Å². The van der Waals surface area contributed by atoms with Crippen LogP contribution in [0.5, 0.6) is 0 Å². The molecule has 2 aliphatic rings. The van der Waals surface area contributed by atoms with Crippen LogP contribution in [0.4, 0.5) is 4.79 Å². The minimum atomic E-state index is -0.885. The van der Waals surface area contributed by atoms with Gasteiger partial charge in [-0.1, -0.05) is 6.42 Å². The Balaban J connectivity index is 1.63. The first kappa shape index (κ1) is 15.9. The number of carbonyl (C=O) groups excluding carboxylic acids is 1. The fraction of sp³-hybridized carbons (Fsp3) is 0.733. The van der Waals surface area contributed by atoms with Crippen molar-refractivity contribution in [1.82, 2.24) is 15.2 Å². The number of rotatable bonds is 4. The Hall–Kier alpha value is -0.950. The summed E-state index contributed by atoms with van der Waals surface area (Å²) in [6.07, 6.45) is 6.75. The molecule has 1 aromatic rings. The normalized spacial score (nSPS) is 24.8. The first-order valence-corrected chi connectivity index (χ1v) is 10.3. The molecule has 0 aromatic carbocycles. The summed E-state index contributed by atoms with van der Waals surface area (Å²) in [5.74, 6) is 0. The number of nitrogens with one attached hydrogen (secondary N) is 1. The number of carbonyl (C=O) groups is 1. The SMILES string of the molecule is Cc1nc([C@@H]2CCCN2C(=O)NCC2([S@](C)=O)CCC2)cs1. The predicted molar refractivity (Wildman–Crippen MR) is 89.6 cm³/mol. The van der Waals surface area contributed by atoms with Crippen LogP contribution in [0.3, 0.4) is 0 Å². The Labute approximate surface area is 138 Å². The van der Waals surface area contributed by atoms with Gasteiger partial charge < -0.3 is 10.2 Å². The maximum atomic E-state index is 12.5. The Morgan fingerprint density at radius 2 is 2.32 bits per heavy atom. The van der Waals surface area contributed by atoms with E-state index in [0.29, 0.717) is 6.54 Å². The molecule has 3 rings (SSSR count). The largest absolute Gasteiger partial charge is 0.336 e. The van der Waals surface area contributed by atoms with E-state index in [1.165, 1.54) is 0 Å². The summed E-state index contributed by atoms with van der Waals surface area (Å²) >= 11 is 1.63. The van der Waals surface area contributed by atoms with Crippen LogP contribution in [0.15, 0.2) is 5.38 Å². The standard InChI is InChI=1S/C15H23N3O2S2/c1-11-17-12(9-21-11)13-5-3-8-18(13)14(19)16-10-15(22(2)20)6-4-7-15/h9,13H,3-8,10H2,1-2H3,(H,16,19)/t13-,22-/m0/s1. The molecule has 2 atom stereocenters. The van der Waals surface area contributed by atoms with Crippen molar-refractivity contribution in [2.45, 2.75) is 49.8 Å². The van der Waals surface area contributed by atoms with Crippen molar-refractivity contribution >= 4 is 28.2 Å². The lowest BCUT2D eigenvalue weighted by atomic mass is 9.84. The van der Waals surface area contributed by atoms with Gasteiger partial charge in [0.2, 0.25) is 0 Å². The van der Waals surface area contributed by atoms with E-state index in [1.54, 1.807) is 17.6 Å². The van der Waals surface area contributed by atoms with Crippen LogP contribution in [0.2, 0.25) is 0 Å². The summed E-state index contributed by atoms with van der Waals surface area (Å²) in [5, 5.41) is 6.12. The first-order valence-electron chi connectivity index (χ1n) is 7.82. The maximum absolute atomic E-state index is 12.5. The fourth-order valence-electron chi connectivity index (χ4n) is 3.33. The lowest BCUT2D eigenvalue weighted by molar-refractivity contribution is 0.188. The number of urea groups is 1. The molecule has 1 aliphatic heterocycles. The highest BCUT2D eigenvalue weighted by atomic mass is 32.2. The van der Waals surface area contributed by atoms with Gasteiger partial charge in [0.15, 0.2) is 0 Å². The highest BCUT2D eigenvalue weighted by molar-refractivity contribution is 7.85. The molecule has 0 unspecified atom stereocenters. The van der Waals surface area contributed by atoms with Gasteiger partial charge in [0.1, 0.15) is 0 Å². The number of amides is 2. The minimum absolute atomic E-state index is 0.0371. The fourth-order valence-corrected chi connectivity index (χ4v) is 5.12. The Kier molecular flexibility index (Phi) is 4.54. The van der Waals surface area contributed by atoms with Gasteiger partial charge in [-0.2, -0.15) is 0 Å². The van der Waals surface area contributed by atoms with Gasteiger partial charge >= 0.3 is 6.03 Å². The zero-order chi connectivity index (χ0) is 15.7. The number of thiazole rings is 1. The number of aromatic nitrogens is 1. The van der Waals surface area contributed by atoms with E-state index in [2.05, 4.69) is 15.7 Å². The van der Waals surface area contributed by atoms with Crippen LogP contribution in [0, 0.1) is 6.92 Å². The van der Waals surface area contributed by atoms with E-state index < -0.39 is 10.8 Å². The molecule has 2 amide bonds. The molecule has 1 aliphatic carbocycles. The molecule has 1 saturated carbocycles. The third-order valence-electron chi connectivity index (χ3n) is 4.93. The van der Waals surface area contributed by atoms with Crippen molar-refractivity contribution in [1.29, 1.82) is 0 Å². The molecule has 0 spiro atoms. The zero-order valence-electron chi connectivity index (χ0n) is 13.1. The van der Waals surface area contributed by atoms with Gasteiger partial charge in [0.25, 0.3) is 0 Å². The second-order valence-corrected chi connectivity index (χ2v) is 9.13. The zero-order valence-corrected chi connectivity index (χ0v) is 14.8. The Bertz CT molecular complexity index is 583. The molecule has 1 N–H and O–H groups in total.